The molecule has 1 amide bonds. The van der Waals surface area contributed by atoms with Gasteiger partial charge in [-0.05, 0) is 24.3 Å². The maximum atomic E-state index is 13.8. The number of fused-ring (bicyclic) bond motifs is 1. The molecule has 29 heavy (non-hydrogen) atoms. The smallest absolute Gasteiger partial charge is 0.323 e. The normalized spacial score (nSPS) is 11.0. The average Bonchev–Trinajstić information content (AvgIpc) is 3.26. The summed E-state index contributed by atoms with van der Waals surface area (Å²) in [5, 5.41) is 13.3. The summed E-state index contributed by atoms with van der Waals surface area (Å²) >= 11 is 1.03. The van der Waals surface area contributed by atoms with Gasteiger partial charge in [-0.25, -0.2) is 18.7 Å². The Labute approximate surface area is 166 Å². The molecule has 0 saturated carbocycles. The number of imidazole rings is 1. The molecule has 4 rings (SSSR count). The number of para-hydroxylation sites is 2. The molecule has 0 radical (unpaired) electrons. The molecule has 0 aliphatic rings. The van der Waals surface area contributed by atoms with E-state index >= 15 is 0 Å². The summed E-state index contributed by atoms with van der Waals surface area (Å²) in [6, 6.07) is 10.2. The number of aromatic nitrogens is 3. The Kier molecular flexibility index (Phi) is 4.77. The van der Waals surface area contributed by atoms with Crippen molar-refractivity contribution in [1.29, 1.82) is 0 Å². The van der Waals surface area contributed by atoms with Gasteiger partial charge < -0.3 is 9.67 Å². The molecular formula is C19H12F2N4O3S. The van der Waals surface area contributed by atoms with Crippen LogP contribution in [0, 0.1) is 11.6 Å². The van der Waals surface area contributed by atoms with Gasteiger partial charge in [0.15, 0.2) is 11.0 Å². The number of carboxylic acid groups (broad SMARTS) is 1. The third-order valence-electron chi connectivity index (χ3n) is 4.09. The second-order valence-electron chi connectivity index (χ2n) is 5.99. The van der Waals surface area contributed by atoms with E-state index in [2.05, 4.69) is 15.3 Å². The number of rotatable bonds is 5. The molecule has 2 N–H and O–H groups in total. The van der Waals surface area contributed by atoms with E-state index in [1.807, 2.05) is 0 Å². The molecule has 2 heterocycles. The molecule has 4 aromatic rings. The van der Waals surface area contributed by atoms with E-state index in [1.54, 1.807) is 29.6 Å². The number of aliphatic carboxylic acids is 1. The summed E-state index contributed by atoms with van der Waals surface area (Å²) in [6.45, 7) is -0.324. The third kappa shape index (κ3) is 3.57. The number of nitrogens with one attached hydrogen (secondary N) is 1. The highest BCUT2D eigenvalue weighted by molar-refractivity contribution is 7.14. The minimum atomic E-state index is -1.05. The Bertz CT molecular complexity index is 1230. The molecule has 0 aliphatic carbocycles. The Hall–Kier alpha value is -3.66. The topological polar surface area (TPSA) is 97.1 Å². The predicted molar refractivity (Wildman–Crippen MR) is 103 cm³/mol. The van der Waals surface area contributed by atoms with E-state index in [0.29, 0.717) is 22.6 Å². The molecule has 2 aromatic heterocycles. The van der Waals surface area contributed by atoms with Crippen molar-refractivity contribution < 1.29 is 23.5 Å². The zero-order chi connectivity index (χ0) is 20.5. The quantitative estimate of drug-likeness (QED) is 0.518. The molecule has 0 aliphatic heterocycles. The van der Waals surface area contributed by atoms with Crippen LogP contribution in [-0.2, 0) is 11.3 Å². The van der Waals surface area contributed by atoms with E-state index in [4.69, 9.17) is 0 Å². The minimum Gasteiger partial charge on any atom is -0.480 e. The molecule has 2 aromatic carbocycles. The SMILES string of the molecule is O=C(O)Cn1c(-c2csc(NC(=O)c3c(F)cccc3F)n2)nc2ccccc21. The highest BCUT2D eigenvalue weighted by atomic mass is 32.1. The number of hydrogen-bond acceptors (Lipinski definition) is 5. The highest BCUT2D eigenvalue weighted by Crippen LogP contribution is 2.28. The molecule has 0 unspecified atom stereocenters. The van der Waals surface area contributed by atoms with Crippen LogP contribution >= 0.6 is 11.3 Å². The number of carbonyl (C=O) groups excluding carboxylic acids is 1. The van der Waals surface area contributed by atoms with Crippen molar-refractivity contribution in [2.45, 2.75) is 6.54 Å². The summed E-state index contributed by atoms with van der Waals surface area (Å²) in [5.74, 6) is -3.68. The fourth-order valence-electron chi connectivity index (χ4n) is 2.87. The zero-order valence-electron chi connectivity index (χ0n) is 14.6. The van der Waals surface area contributed by atoms with Crippen LogP contribution in [0.4, 0.5) is 13.9 Å². The lowest BCUT2D eigenvalue weighted by atomic mass is 10.2. The van der Waals surface area contributed by atoms with Crippen molar-refractivity contribution in [1.82, 2.24) is 14.5 Å². The first kappa shape index (κ1) is 18.7. The van der Waals surface area contributed by atoms with Crippen LogP contribution in [0.25, 0.3) is 22.6 Å². The van der Waals surface area contributed by atoms with Gasteiger partial charge in [0.1, 0.15) is 29.4 Å². The molecule has 7 nitrogen and oxygen atoms in total. The van der Waals surface area contributed by atoms with Gasteiger partial charge in [0, 0.05) is 5.38 Å². The molecular weight excluding hydrogens is 402 g/mol. The molecule has 0 atom stereocenters. The number of thiazole rings is 1. The number of carbonyl (C=O) groups is 2. The van der Waals surface area contributed by atoms with Gasteiger partial charge in [-0.2, -0.15) is 0 Å². The van der Waals surface area contributed by atoms with E-state index in [0.717, 1.165) is 29.5 Å². The van der Waals surface area contributed by atoms with Crippen molar-refractivity contribution in [3.63, 3.8) is 0 Å². The number of carboxylic acids is 1. The van der Waals surface area contributed by atoms with E-state index in [9.17, 15) is 23.5 Å². The standard InChI is InChI=1S/C19H12F2N4O3S/c20-10-4-3-5-11(21)16(10)18(28)24-19-23-13(9-29-19)17-22-12-6-1-2-7-14(12)25(17)8-15(26)27/h1-7,9H,8H2,(H,26,27)(H,23,24,28). The lowest BCUT2D eigenvalue weighted by molar-refractivity contribution is -0.137. The van der Waals surface area contributed by atoms with Crippen LogP contribution < -0.4 is 5.32 Å². The van der Waals surface area contributed by atoms with Crippen LogP contribution in [0.5, 0.6) is 0 Å². The Balaban J connectivity index is 1.68. The van der Waals surface area contributed by atoms with Crippen LogP contribution in [0.3, 0.4) is 0 Å². The second kappa shape index (κ2) is 7.40. The van der Waals surface area contributed by atoms with Gasteiger partial charge in [0.2, 0.25) is 0 Å². The van der Waals surface area contributed by atoms with E-state index in [-0.39, 0.29) is 11.7 Å². The van der Waals surface area contributed by atoms with Crippen molar-refractivity contribution in [3.8, 4) is 11.5 Å². The first-order valence-corrected chi connectivity index (χ1v) is 9.20. The Morgan fingerprint density at radius 3 is 2.52 bits per heavy atom. The number of hydrogen-bond donors (Lipinski definition) is 2. The van der Waals surface area contributed by atoms with Gasteiger partial charge in [-0.3, -0.25) is 14.9 Å². The Morgan fingerprint density at radius 2 is 1.79 bits per heavy atom. The first-order chi connectivity index (χ1) is 13.9. The first-order valence-electron chi connectivity index (χ1n) is 8.32. The summed E-state index contributed by atoms with van der Waals surface area (Å²) in [5.41, 5.74) is 0.840. The van der Waals surface area contributed by atoms with Crippen molar-refractivity contribution >= 4 is 39.4 Å². The van der Waals surface area contributed by atoms with Crippen LogP contribution in [-0.4, -0.2) is 31.5 Å². The van der Waals surface area contributed by atoms with Crippen LogP contribution in [0.1, 0.15) is 10.4 Å². The molecule has 0 bridgehead atoms. The Morgan fingerprint density at radius 1 is 1.07 bits per heavy atom. The summed E-state index contributed by atoms with van der Waals surface area (Å²) < 4.78 is 29.1. The van der Waals surface area contributed by atoms with Crippen molar-refractivity contribution in [2.24, 2.45) is 0 Å². The summed E-state index contributed by atoms with van der Waals surface area (Å²) in [4.78, 5) is 32.2. The monoisotopic (exact) mass is 414 g/mol. The maximum absolute atomic E-state index is 13.8. The fourth-order valence-corrected chi connectivity index (χ4v) is 3.56. The number of nitrogens with zero attached hydrogens (tertiary/aromatic N) is 3. The van der Waals surface area contributed by atoms with Crippen molar-refractivity contribution in [3.05, 3.63) is 65.0 Å². The van der Waals surface area contributed by atoms with E-state index < -0.39 is 29.1 Å². The predicted octanol–water partition coefficient (Wildman–Crippen LogP) is 3.77. The van der Waals surface area contributed by atoms with Gasteiger partial charge in [-0.1, -0.05) is 18.2 Å². The second-order valence-corrected chi connectivity index (χ2v) is 6.85. The molecule has 10 heteroatoms. The fraction of sp³-hybridized carbons (Fsp3) is 0.0526. The number of benzene rings is 2. The van der Waals surface area contributed by atoms with Gasteiger partial charge >= 0.3 is 5.97 Å². The van der Waals surface area contributed by atoms with Gasteiger partial charge in [0.05, 0.1) is 11.0 Å². The van der Waals surface area contributed by atoms with Gasteiger partial charge in [-0.15, -0.1) is 11.3 Å². The maximum Gasteiger partial charge on any atom is 0.323 e. The summed E-state index contributed by atoms with van der Waals surface area (Å²) in [6.07, 6.45) is 0. The third-order valence-corrected chi connectivity index (χ3v) is 4.85. The number of halogens is 2. The molecule has 0 fully saturated rings. The summed E-state index contributed by atoms with van der Waals surface area (Å²) in [7, 11) is 0. The largest absolute Gasteiger partial charge is 0.480 e. The number of anilines is 1. The molecule has 0 saturated heterocycles. The highest BCUT2D eigenvalue weighted by Gasteiger charge is 2.20. The van der Waals surface area contributed by atoms with Crippen LogP contribution in [0.2, 0.25) is 0 Å². The molecule has 146 valence electrons. The minimum absolute atomic E-state index is 0.0987. The lowest BCUT2D eigenvalue weighted by Gasteiger charge is -2.05. The lowest BCUT2D eigenvalue weighted by Crippen LogP contribution is -2.15. The van der Waals surface area contributed by atoms with Crippen molar-refractivity contribution in [2.75, 3.05) is 5.32 Å². The van der Waals surface area contributed by atoms with E-state index in [1.165, 1.54) is 4.57 Å². The number of amides is 1. The van der Waals surface area contributed by atoms with Gasteiger partial charge in [0.25, 0.3) is 5.91 Å². The zero-order valence-corrected chi connectivity index (χ0v) is 15.4. The van der Waals surface area contributed by atoms with Crippen LogP contribution in [0.15, 0.2) is 47.8 Å². The average molecular weight is 414 g/mol. The molecule has 0 spiro atoms.